The van der Waals surface area contributed by atoms with Crippen LogP contribution in [0.3, 0.4) is 0 Å². The van der Waals surface area contributed by atoms with Gasteiger partial charge in [0.1, 0.15) is 5.75 Å². The van der Waals surface area contributed by atoms with Crippen LogP contribution in [0, 0.1) is 11.6 Å². The van der Waals surface area contributed by atoms with Gasteiger partial charge >= 0.3 is 7.32 Å². The van der Waals surface area contributed by atoms with E-state index in [1.165, 1.54) is 7.11 Å². The number of rotatable bonds is 3. The highest BCUT2D eigenvalue weighted by molar-refractivity contribution is 6.33. The zero-order valence-corrected chi connectivity index (χ0v) is 7.20. The molecule has 0 bridgehead atoms. The van der Waals surface area contributed by atoms with Crippen molar-refractivity contribution in [1.82, 2.24) is 0 Å². The van der Waals surface area contributed by atoms with Crippen molar-refractivity contribution in [3.05, 3.63) is 23.8 Å². The molecule has 1 aromatic carbocycles. The summed E-state index contributed by atoms with van der Waals surface area (Å²) in [6.45, 7) is 0. The zero-order chi connectivity index (χ0) is 10.7. The number of methoxy groups -OCH3 is 1. The minimum atomic E-state index is -2.27. The molecule has 2 N–H and O–H groups in total. The SMILES string of the molecule is COc1cc(F)c(OB(O)O)c(F)c1. The Morgan fingerprint density at radius 2 is 1.71 bits per heavy atom. The Balaban J connectivity index is 3.05. The average molecular weight is 204 g/mol. The van der Waals surface area contributed by atoms with E-state index in [1.54, 1.807) is 0 Å². The fraction of sp³-hybridized carbons (Fsp3) is 0.143. The fourth-order valence-corrected chi connectivity index (χ4v) is 0.872. The highest BCUT2D eigenvalue weighted by Crippen LogP contribution is 2.26. The normalized spacial score (nSPS) is 9.79. The molecular weight excluding hydrogens is 197 g/mol. The van der Waals surface area contributed by atoms with Crippen molar-refractivity contribution in [1.29, 1.82) is 0 Å². The summed E-state index contributed by atoms with van der Waals surface area (Å²) >= 11 is 0. The van der Waals surface area contributed by atoms with Crippen molar-refractivity contribution < 1.29 is 28.2 Å². The van der Waals surface area contributed by atoms with Crippen molar-refractivity contribution in [2.24, 2.45) is 0 Å². The second kappa shape index (κ2) is 4.25. The standard InChI is InChI=1S/C7H7BF2O4/c1-13-4-2-5(9)7(6(10)3-4)14-8(11)12/h2-3,11-12H,1H3. The van der Waals surface area contributed by atoms with Gasteiger partial charge < -0.3 is 19.4 Å². The van der Waals surface area contributed by atoms with Crippen LogP contribution in [0.25, 0.3) is 0 Å². The zero-order valence-electron chi connectivity index (χ0n) is 7.20. The van der Waals surface area contributed by atoms with E-state index in [-0.39, 0.29) is 5.75 Å². The van der Waals surface area contributed by atoms with Gasteiger partial charge in [-0.1, -0.05) is 0 Å². The number of hydrogen-bond acceptors (Lipinski definition) is 4. The van der Waals surface area contributed by atoms with Crippen molar-refractivity contribution in [3.63, 3.8) is 0 Å². The maximum absolute atomic E-state index is 13.0. The second-order valence-corrected chi connectivity index (χ2v) is 2.36. The molecule has 0 heterocycles. The monoisotopic (exact) mass is 204 g/mol. The van der Waals surface area contributed by atoms with Gasteiger partial charge in [-0.3, -0.25) is 0 Å². The Morgan fingerprint density at radius 1 is 1.21 bits per heavy atom. The second-order valence-electron chi connectivity index (χ2n) is 2.36. The quantitative estimate of drug-likeness (QED) is 0.696. The van der Waals surface area contributed by atoms with Gasteiger partial charge in [0.15, 0.2) is 17.4 Å². The molecule has 0 aromatic heterocycles. The molecule has 0 radical (unpaired) electrons. The molecule has 0 spiro atoms. The predicted molar refractivity (Wildman–Crippen MR) is 43.7 cm³/mol. The summed E-state index contributed by atoms with van der Waals surface area (Å²) < 4.78 is 34.6. The van der Waals surface area contributed by atoms with Gasteiger partial charge in [-0.05, 0) is 0 Å². The highest BCUT2D eigenvalue weighted by atomic mass is 19.1. The molecule has 1 rings (SSSR count). The van der Waals surface area contributed by atoms with Gasteiger partial charge in [0.2, 0.25) is 0 Å². The lowest BCUT2D eigenvalue weighted by Gasteiger charge is -2.08. The maximum Gasteiger partial charge on any atom is 0.707 e. The third-order valence-corrected chi connectivity index (χ3v) is 1.43. The first-order chi connectivity index (χ1) is 6.54. The van der Waals surface area contributed by atoms with Crippen molar-refractivity contribution in [3.8, 4) is 11.5 Å². The summed E-state index contributed by atoms with van der Waals surface area (Å²) in [7, 11) is -1.03. The Bertz CT molecular complexity index is 308. The Kier molecular flexibility index (Phi) is 3.26. The van der Waals surface area contributed by atoms with Gasteiger partial charge in [-0.15, -0.1) is 0 Å². The molecule has 14 heavy (non-hydrogen) atoms. The van der Waals surface area contributed by atoms with E-state index in [0.29, 0.717) is 0 Å². The molecular formula is C7H7BF2O4. The van der Waals surface area contributed by atoms with Gasteiger partial charge in [-0.2, -0.15) is 0 Å². The minimum Gasteiger partial charge on any atom is -0.508 e. The van der Waals surface area contributed by atoms with Gasteiger partial charge in [0.25, 0.3) is 0 Å². The van der Waals surface area contributed by atoms with Crippen molar-refractivity contribution >= 4 is 7.32 Å². The molecule has 0 aliphatic rings. The number of benzene rings is 1. The first kappa shape index (κ1) is 10.7. The molecule has 0 saturated heterocycles. The summed E-state index contributed by atoms with van der Waals surface area (Å²) in [5.41, 5.74) is 0. The molecule has 0 aliphatic carbocycles. The number of hydrogen-bond donors (Lipinski definition) is 2. The molecule has 0 atom stereocenters. The lowest BCUT2D eigenvalue weighted by molar-refractivity contribution is 0.273. The molecule has 0 fully saturated rings. The molecule has 76 valence electrons. The first-order valence-corrected chi connectivity index (χ1v) is 3.60. The van der Waals surface area contributed by atoms with Crippen LogP contribution in [0.2, 0.25) is 0 Å². The van der Waals surface area contributed by atoms with Crippen LogP contribution in [0.5, 0.6) is 11.5 Å². The Morgan fingerprint density at radius 3 is 2.07 bits per heavy atom. The first-order valence-electron chi connectivity index (χ1n) is 3.60. The summed E-state index contributed by atoms with van der Waals surface area (Å²) in [4.78, 5) is 0. The van der Waals surface area contributed by atoms with E-state index in [2.05, 4.69) is 9.39 Å². The molecule has 0 amide bonds. The van der Waals surface area contributed by atoms with Crippen LogP contribution in [0.15, 0.2) is 12.1 Å². The van der Waals surface area contributed by atoms with E-state index in [1.807, 2.05) is 0 Å². The van der Waals surface area contributed by atoms with Crippen molar-refractivity contribution in [2.75, 3.05) is 7.11 Å². The summed E-state index contributed by atoms with van der Waals surface area (Å²) in [6.07, 6.45) is 0. The highest BCUT2D eigenvalue weighted by Gasteiger charge is 2.19. The van der Waals surface area contributed by atoms with Gasteiger partial charge in [0, 0.05) is 12.1 Å². The molecule has 0 unspecified atom stereocenters. The summed E-state index contributed by atoms with van der Waals surface area (Å²) in [6, 6.07) is 1.72. The topological polar surface area (TPSA) is 58.9 Å². The maximum atomic E-state index is 13.0. The van der Waals surface area contributed by atoms with Crippen LogP contribution in [0.4, 0.5) is 8.78 Å². The number of ether oxygens (including phenoxy) is 1. The van der Waals surface area contributed by atoms with Crippen LogP contribution < -0.4 is 9.39 Å². The smallest absolute Gasteiger partial charge is 0.508 e. The van der Waals surface area contributed by atoms with E-state index in [9.17, 15) is 8.78 Å². The van der Waals surface area contributed by atoms with Crippen molar-refractivity contribution in [2.45, 2.75) is 0 Å². The largest absolute Gasteiger partial charge is 0.707 e. The van der Waals surface area contributed by atoms with Gasteiger partial charge in [0.05, 0.1) is 7.11 Å². The Hall–Kier alpha value is -1.34. The third-order valence-electron chi connectivity index (χ3n) is 1.43. The van der Waals surface area contributed by atoms with Crippen LogP contribution in [-0.2, 0) is 0 Å². The molecule has 4 nitrogen and oxygen atoms in total. The molecule has 0 aliphatic heterocycles. The van der Waals surface area contributed by atoms with E-state index < -0.39 is 24.7 Å². The van der Waals surface area contributed by atoms with Gasteiger partial charge in [-0.25, -0.2) is 8.78 Å². The lowest BCUT2D eigenvalue weighted by Crippen LogP contribution is -2.22. The summed E-state index contributed by atoms with van der Waals surface area (Å²) in [5, 5.41) is 16.7. The van der Waals surface area contributed by atoms with Crippen LogP contribution >= 0.6 is 0 Å². The van der Waals surface area contributed by atoms with E-state index in [0.717, 1.165) is 12.1 Å². The molecule has 7 heteroatoms. The predicted octanol–water partition coefficient (Wildman–Crippen LogP) is 0.322. The Labute approximate surface area is 78.9 Å². The van der Waals surface area contributed by atoms with Crippen LogP contribution in [0.1, 0.15) is 0 Å². The summed E-state index contributed by atoms with van der Waals surface area (Å²) in [5.74, 6) is -3.04. The molecule has 0 saturated carbocycles. The molecule has 1 aromatic rings. The fourth-order valence-electron chi connectivity index (χ4n) is 0.872. The van der Waals surface area contributed by atoms with Crippen LogP contribution in [-0.4, -0.2) is 24.5 Å². The lowest BCUT2D eigenvalue weighted by atomic mass is 10.2. The minimum absolute atomic E-state index is 0.0280. The average Bonchev–Trinajstić information content (AvgIpc) is 2.10. The van der Waals surface area contributed by atoms with E-state index >= 15 is 0 Å². The number of halogens is 2. The van der Waals surface area contributed by atoms with E-state index in [4.69, 9.17) is 10.0 Å². The third kappa shape index (κ3) is 2.33.